The number of benzene rings is 1. The monoisotopic (exact) mass is 458 g/mol. The van der Waals surface area contributed by atoms with Crippen molar-refractivity contribution in [3.05, 3.63) is 71.5 Å². The van der Waals surface area contributed by atoms with Gasteiger partial charge >= 0.3 is 0 Å². The molecule has 1 N–H and O–H groups in total. The van der Waals surface area contributed by atoms with E-state index in [1.54, 1.807) is 16.8 Å². The summed E-state index contributed by atoms with van der Waals surface area (Å²) in [5.41, 5.74) is 2.92. The molecule has 3 heterocycles. The number of nitrogens with zero attached hydrogens (tertiary/aromatic N) is 3. The average molecular weight is 459 g/mol. The molecule has 2 aromatic heterocycles. The molecule has 1 aromatic carbocycles. The van der Waals surface area contributed by atoms with Gasteiger partial charge in [-0.2, -0.15) is 5.10 Å². The second-order valence-electron chi connectivity index (χ2n) is 9.84. The number of likely N-dealkylation sites (tertiary alicyclic amines) is 1. The van der Waals surface area contributed by atoms with Crippen LogP contribution in [0.15, 0.2) is 54.7 Å². The molecule has 1 aliphatic carbocycles. The van der Waals surface area contributed by atoms with E-state index in [9.17, 15) is 9.59 Å². The first kappa shape index (κ1) is 22.6. The number of amides is 2. The van der Waals surface area contributed by atoms with E-state index in [0.29, 0.717) is 29.2 Å². The standard InChI is InChI=1S/C28H34N4O2/c33-27(29-20-23(22-12-5-2-6-13-22)18-21-10-3-1-4-11-21)24-14-9-17-32-26(24)19-25(30-32)28(34)31-15-7-8-16-31/h2,5-6,9,12-14,17,19,21,23H,1,3-4,7-8,10-11,15-16,18,20H2,(H,29,33). The predicted octanol–water partition coefficient (Wildman–Crippen LogP) is 5.05. The number of rotatable bonds is 7. The molecule has 5 rings (SSSR count). The van der Waals surface area contributed by atoms with E-state index in [1.807, 2.05) is 23.1 Å². The number of fused-ring (bicyclic) bond motifs is 1. The number of carbonyl (C=O) groups excluding carboxylic acids is 2. The zero-order chi connectivity index (χ0) is 23.3. The van der Waals surface area contributed by atoms with Crippen LogP contribution in [0.2, 0.25) is 0 Å². The van der Waals surface area contributed by atoms with Gasteiger partial charge in [0.05, 0.1) is 11.1 Å². The molecule has 6 nitrogen and oxygen atoms in total. The highest BCUT2D eigenvalue weighted by Crippen LogP contribution is 2.33. The van der Waals surface area contributed by atoms with Gasteiger partial charge in [0.2, 0.25) is 0 Å². The molecule has 34 heavy (non-hydrogen) atoms. The maximum absolute atomic E-state index is 13.3. The molecule has 178 valence electrons. The van der Waals surface area contributed by atoms with Crippen molar-refractivity contribution in [2.24, 2.45) is 5.92 Å². The van der Waals surface area contributed by atoms with Gasteiger partial charge in [0.1, 0.15) is 0 Å². The summed E-state index contributed by atoms with van der Waals surface area (Å²) in [6.45, 7) is 2.16. The van der Waals surface area contributed by atoms with E-state index < -0.39 is 0 Å². The van der Waals surface area contributed by atoms with Crippen molar-refractivity contribution in [1.82, 2.24) is 19.8 Å². The fourth-order valence-corrected chi connectivity index (χ4v) is 5.59. The third-order valence-electron chi connectivity index (χ3n) is 7.48. The van der Waals surface area contributed by atoms with Crippen LogP contribution < -0.4 is 5.32 Å². The van der Waals surface area contributed by atoms with E-state index in [2.05, 4.69) is 34.7 Å². The molecule has 0 bridgehead atoms. The van der Waals surface area contributed by atoms with Gasteiger partial charge in [0.25, 0.3) is 11.8 Å². The lowest BCUT2D eigenvalue weighted by molar-refractivity contribution is 0.0786. The van der Waals surface area contributed by atoms with Gasteiger partial charge in [0.15, 0.2) is 5.69 Å². The van der Waals surface area contributed by atoms with Crippen molar-refractivity contribution in [3.8, 4) is 0 Å². The second kappa shape index (κ2) is 10.4. The van der Waals surface area contributed by atoms with Gasteiger partial charge in [-0.3, -0.25) is 9.59 Å². The van der Waals surface area contributed by atoms with Crippen LogP contribution in [-0.2, 0) is 0 Å². The Labute approximate surface area is 201 Å². The highest BCUT2D eigenvalue weighted by Gasteiger charge is 2.24. The Morgan fingerprint density at radius 2 is 1.74 bits per heavy atom. The Morgan fingerprint density at radius 1 is 0.971 bits per heavy atom. The lowest BCUT2D eigenvalue weighted by Crippen LogP contribution is -2.30. The highest BCUT2D eigenvalue weighted by atomic mass is 16.2. The molecule has 2 amide bonds. The highest BCUT2D eigenvalue weighted by molar-refractivity contribution is 6.02. The minimum absolute atomic E-state index is 0.0517. The molecule has 0 radical (unpaired) electrons. The topological polar surface area (TPSA) is 66.7 Å². The summed E-state index contributed by atoms with van der Waals surface area (Å²) >= 11 is 0. The van der Waals surface area contributed by atoms with E-state index in [0.717, 1.165) is 38.3 Å². The van der Waals surface area contributed by atoms with Crippen molar-refractivity contribution < 1.29 is 9.59 Å². The summed E-state index contributed by atoms with van der Waals surface area (Å²) in [5, 5.41) is 7.66. The molecular weight excluding hydrogens is 424 g/mol. The lowest BCUT2D eigenvalue weighted by Gasteiger charge is -2.27. The number of pyridine rings is 1. The first-order chi connectivity index (χ1) is 16.7. The molecule has 2 aliphatic rings. The normalized spacial score (nSPS) is 17.7. The van der Waals surface area contributed by atoms with Gasteiger partial charge in [-0.15, -0.1) is 0 Å². The number of hydrogen-bond acceptors (Lipinski definition) is 3. The van der Waals surface area contributed by atoms with Gasteiger partial charge < -0.3 is 10.2 Å². The number of nitrogens with one attached hydrogen (secondary N) is 1. The van der Waals surface area contributed by atoms with Crippen LogP contribution in [0.25, 0.3) is 5.52 Å². The van der Waals surface area contributed by atoms with Crippen LogP contribution in [0, 0.1) is 5.92 Å². The number of aromatic nitrogens is 2. The summed E-state index contributed by atoms with van der Waals surface area (Å²) in [7, 11) is 0. The van der Waals surface area contributed by atoms with E-state index in [4.69, 9.17) is 0 Å². The fraction of sp³-hybridized carbons (Fsp3) is 0.464. The summed E-state index contributed by atoms with van der Waals surface area (Å²) in [6.07, 6.45) is 11.5. The molecule has 1 unspecified atom stereocenters. The third kappa shape index (κ3) is 5.01. The lowest BCUT2D eigenvalue weighted by atomic mass is 9.80. The summed E-state index contributed by atoms with van der Waals surface area (Å²) in [5.74, 6) is 0.859. The maximum atomic E-state index is 13.3. The van der Waals surface area contributed by atoms with Crippen LogP contribution >= 0.6 is 0 Å². The van der Waals surface area contributed by atoms with Gasteiger partial charge in [-0.1, -0.05) is 62.4 Å². The van der Waals surface area contributed by atoms with Crippen LogP contribution in [-0.4, -0.2) is 46.0 Å². The molecule has 1 saturated heterocycles. The maximum Gasteiger partial charge on any atom is 0.274 e. The predicted molar refractivity (Wildman–Crippen MR) is 133 cm³/mol. The van der Waals surface area contributed by atoms with Crippen molar-refractivity contribution in [3.63, 3.8) is 0 Å². The Hall–Kier alpha value is -3.15. The van der Waals surface area contributed by atoms with Crippen LogP contribution in [0.5, 0.6) is 0 Å². The van der Waals surface area contributed by atoms with Gasteiger partial charge in [0, 0.05) is 31.7 Å². The van der Waals surface area contributed by atoms with Crippen LogP contribution in [0.3, 0.4) is 0 Å². The SMILES string of the molecule is O=C(NCC(CC1CCCCC1)c1ccccc1)c1cccn2nc(C(=O)N3CCCC3)cc12. The smallest absolute Gasteiger partial charge is 0.274 e. The molecule has 1 saturated carbocycles. The molecular formula is C28H34N4O2. The average Bonchev–Trinajstić information content (AvgIpc) is 3.57. The number of carbonyl (C=O) groups is 2. The van der Waals surface area contributed by atoms with Gasteiger partial charge in [-0.05, 0) is 48.9 Å². The summed E-state index contributed by atoms with van der Waals surface area (Å²) in [4.78, 5) is 27.9. The number of hydrogen-bond donors (Lipinski definition) is 1. The molecule has 1 atom stereocenters. The van der Waals surface area contributed by atoms with Crippen molar-refractivity contribution in [2.75, 3.05) is 19.6 Å². The molecule has 0 spiro atoms. The Kier molecular flexibility index (Phi) is 6.93. The third-order valence-corrected chi connectivity index (χ3v) is 7.48. The first-order valence-corrected chi connectivity index (χ1v) is 12.8. The Bertz CT molecular complexity index is 1130. The second-order valence-corrected chi connectivity index (χ2v) is 9.84. The van der Waals surface area contributed by atoms with E-state index in [-0.39, 0.29) is 11.8 Å². The quantitative estimate of drug-likeness (QED) is 0.538. The van der Waals surface area contributed by atoms with Gasteiger partial charge in [-0.25, -0.2) is 4.52 Å². The van der Waals surface area contributed by atoms with E-state index >= 15 is 0 Å². The van der Waals surface area contributed by atoms with Crippen LogP contribution in [0.4, 0.5) is 0 Å². The minimum Gasteiger partial charge on any atom is -0.351 e. The fourth-order valence-electron chi connectivity index (χ4n) is 5.59. The molecule has 3 aromatic rings. The zero-order valence-electron chi connectivity index (χ0n) is 19.8. The largest absolute Gasteiger partial charge is 0.351 e. The molecule has 6 heteroatoms. The van der Waals surface area contributed by atoms with Crippen molar-refractivity contribution in [1.29, 1.82) is 0 Å². The van der Waals surface area contributed by atoms with Crippen molar-refractivity contribution in [2.45, 2.75) is 57.3 Å². The molecule has 1 aliphatic heterocycles. The van der Waals surface area contributed by atoms with Crippen molar-refractivity contribution >= 4 is 17.3 Å². The van der Waals surface area contributed by atoms with E-state index in [1.165, 1.54) is 37.7 Å². The minimum atomic E-state index is -0.116. The Balaban J connectivity index is 1.32. The first-order valence-electron chi connectivity index (χ1n) is 12.8. The summed E-state index contributed by atoms with van der Waals surface area (Å²) in [6, 6.07) is 15.9. The Morgan fingerprint density at radius 3 is 2.50 bits per heavy atom. The molecule has 2 fully saturated rings. The zero-order valence-corrected chi connectivity index (χ0v) is 19.8. The summed E-state index contributed by atoms with van der Waals surface area (Å²) < 4.78 is 1.65. The van der Waals surface area contributed by atoms with Crippen LogP contribution in [0.1, 0.15) is 83.7 Å².